The molecule has 0 saturated heterocycles. The van der Waals surface area contributed by atoms with E-state index < -0.39 is 17.3 Å². The van der Waals surface area contributed by atoms with E-state index in [2.05, 4.69) is 11.0 Å². The van der Waals surface area contributed by atoms with E-state index in [-0.39, 0.29) is 5.56 Å². The van der Waals surface area contributed by atoms with Crippen molar-refractivity contribution >= 4 is 0 Å². The summed E-state index contributed by atoms with van der Waals surface area (Å²) in [5.41, 5.74) is -1.43. The van der Waals surface area contributed by atoms with Gasteiger partial charge in [0.15, 0.2) is 5.69 Å². The first-order valence-corrected chi connectivity index (χ1v) is 4.48. The zero-order valence-electron chi connectivity index (χ0n) is 8.10. The maximum Gasteiger partial charge on any atom is 0.435 e. The van der Waals surface area contributed by atoms with Crippen LogP contribution in [0.2, 0.25) is 0 Å². The molecule has 0 unspecified atom stereocenters. The van der Waals surface area contributed by atoms with Crippen molar-refractivity contribution in [2.45, 2.75) is 24.4 Å². The molecule has 0 aromatic carbocycles. The Morgan fingerprint density at radius 2 is 2.13 bits per heavy atom. The lowest BCUT2D eigenvalue weighted by molar-refractivity contribution is -0.142. The topological polar surface area (TPSA) is 17.8 Å². The molecule has 0 N–H and O–H groups in total. The Morgan fingerprint density at radius 1 is 1.53 bits per heavy atom. The van der Waals surface area contributed by atoms with Crippen LogP contribution < -0.4 is 0 Å². The first-order valence-electron chi connectivity index (χ1n) is 4.48. The molecule has 0 aliphatic heterocycles. The summed E-state index contributed by atoms with van der Waals surface area (Å²) in [6, 6.07) is 0. The number of halogens is 3. The molecule has 0 amide bonds. The minimum Gasteiger partial charge on any atom is -0.275 e. The van der Waals surface area contributed by atoms with Crippen molar-refractivity contribution in [3.63, 3.8) is 0 Å². The molecule has 1 aliphatic rings. The van der Waals surface area contributed by atoms with Gasteiger partial charge in [0.25, 0.3) is 0 Å². The number of aromatic nitrogens is 2. The highest BCUT2D eigenvalue weighted by atomic mass is 19.4. The second-order valence-electron chi connectivity index (χ2n) is 3.79. The average molecular weight is 214 g/mol. The van der Waals surface area contributed by atoms with E-state index in [1.54, 1.807) is 0 Å². The highest BCUT2D eigenvalue weighted by Gasteiger charge is 2.50. The minimum atomic E-state index is -4.43. The number of hydrogen-bond acceptors (Lipinski definition) is 1. The molecule has 15 heavy (non-hydrogen) atoms. The molecule has 0 atom stereocenters. The summed E-state index contributed by atoms with van der Waals surface area (Å²) < 4.78 is 39.0. The predicted molar refractivity (Wildman–Crippen MR) is 48.0 cm³/mol. The van der Waals surface area contributed by atoms with Crippen molar-refractivity contribution in [1.29, 1.82) is 0 Å². The third-order valence-corrected chi connectivity index (χ3v) is 2.64. The fourth-order valence-electron chi connectivity index (χ4n) is 1.66. The highest BCUT2D eigenvalue weighted by Crippen LogP contribution is 2.50. The summed E-state index contributed by atoms with van der Waals surface area (Å²) in [6.45, 7) is 0. The maximum absolute atomic E-state index is 12.6. The van der Waals surface area contributed by atoms with Crippen LogP contribution in [-0.2, 0) is 18.6 Å². The molecule has 1 aliphatic carbocycles. The van der Waals surface area contributed by atoms with Crippen molar-refractivity contribution in [2.75, 3.05) is 0 Å². The van der Waals surface area contributed by atoms with Crippen LogP contribution in [0, 0.1) is 12.3 Å². The van der Waals surface area contributed by atoms with Gasteiger partial charge in [-0.25, -0.2) is 0 Å². The molecule has 1 aromatic heterocycles. The number of rotatable bonds is 1. The van der Waals surface area contributed by atoms with E-state index in [4.69, 9.17) is 6.42 Å². The van der Waals surface area contributed by atoms with Crippen LogP contribution in [0.5, 0.6) is 0 Å². The lowest BCUT2D eigenvalue weighted by atomic mass is 9.97. The molecule has 2 rings (SSSR count). The molecule has 1 aromatic rings. The molecular formula is C10H9F3N2. The van der Waals surface area contributed by atoms with Gasteiger partial charge in [0, 0.05) is 18.8 Å². The summed E-state index contributed by atoms with van der Waals surface area (Å²) >= 11 is 0. The lowest BCUT2D eigenvalue weighted by Gasteiger charge is -2.09. The van der Waals surface area contributed by atoms with E-state index in [1.165, 1.54) is 13.2 Å². The zero-order chi connectivity index (χ0) is 11.3. The third kappa shape index (κ3) is 1.50. The van der Waals surface area contributed by atoms with Gasteiger partial charge in [-0.3, -0.25) is 4.68 Å². The summed E-state index contributed by atoms with van der Waals surface area (Å²) in [4.78, 5) is 0. The molecule has 80 valence electrons. The molecule has 0 spiro atoms. The Morgan fingerprint density at radius 3 is 2.53 bits per heavy atom. The lowest BCUT2D eigenvalue weighted by Crippen LogP contribution is -2.14. The van der Waals surface area contributed by atoms with Gasteiger partial charge in [-0.05, 0) is 12.8 Å². The van der Waals surface area contributed by atoms with Crippen LogP contribution >= 0.6 is 0 Å². The van der Waals surface area contributed by atoms with Crippen molar-refractivity contribution in [1.82, 2.24) is 9.78 Å². The van der Waals surface area contributed by atoms with Crippen LogP contribution in [0.4, 0.5) is 13.2 Å². The van der Waals surface area contributed by atoms with E-state index in [0.29, 0.717) is 12.8 Å². The normalized spacial score (nSPS) is 18.6. The van der Waals surface area contributed by atoms with Gasteiger partial charge in [-0.2, -0.15) is 18.3 Å². The van der Waals surface area contributed by atoms with Crippen molar-refractivity contribution < 1.29 is 13.2 Å². The van der Waals surface area contributed by atoms with Crippen LogP contribution in [0.15, 0.2) is 6.20 Å². The minimum absolute atomic E-state index is 0.139. The first kappa shape index (κ1) is 10.1. The SMILES string of the molecule is C#CC1(c2cn(C)nc2C(F)(F)F)CC1. The standard InChI is InChI=1S/C10H9F3N2/c1-3-9(4-5-9)7-6-15(2)14-8(7)10(11,12)13/h1,6H,4-5H2,2H3. The quantitative estimate of drug-likeness (QED) is 0.654. The largest absolute Gasteiger partial charge is 0.435 e. The van der Waals surface area contributed by atoms with Crippen LogP contribution in [0.25, 0.3) is 0 Å². The van der Waals surface area contributed by atoms with Gasteiger partial charge in [0.1, 0.15) is 0 Å². The summed E-state index contributed by atoms with van der Waals surface area (Å²) in [5, 5.41) is 3.43. The molecule has 5 heteroatoms. The Hall–Kier alpha value is -1.44. The summed E-state index contributed by atoms with van der Waals surface area (Å²) in [6.07, 6.45) is 3.43. The summed E-state index contributed by atoms with van der Waals surface area (Å²) in [7, 11) is 1.46. The molecule has 0 radical (unpaired) electrons. The molecule has 1 heterocycles. The Kier molecular flexibility index (Phi) is 1.87. The number of nitrogens with zero attached hydrogens (tertiary/aromatic N) is 2. The first-order chi connectivity index (χ1) is 6.89. The maximum atomic E-state index is 12.6. The van der Waals surface area contributed by atoms with Gasteiger partial charge >= 0.3 is 6.18 Å². The summed E-state index contributed by atoms with van der Waals surface area (Å²) in [5.74, 6) is 2.44. The zero-order valence-corrected chi connectivity index (χ0v) is 8.10. The van der Waals surface area contributed by atoms with Gasteiger partial charge in [0.2, 0.25) is 0 Å². The molecular weight excluding hydrogens is 205 g/mol. The number of hydrogen-bond donors (Lipinski definition) is 0. The second kappa shape index (κ2) is 2.78. The third-order valence-electron chi connectivity index (χ3n) is 2.64. The predicted octanol–water partition coefficient (Wildman–Crippen LogP) is 2.10. The second-order valence-corrected chi connectivity index (χ2v) is 3.79. The Balaban J connectivity index is 2.54. The number of terminal acetylenes is 1. The monoisotopic (exact) mass is 214 g/mol. The average Bonchev–Trinajstić information content (AvgIpc) is 2.82. The molecule has 2 nitrogen and oxygen atoms in total. The van der Waals surface area contributed by atoms with Gasteiger partial charge in [-0.1, -0.05) is 5.92 Å². The van der Waals surface area contributed by atoms with Gasteiger partial charge < -0.3 is 0 Å². The smallest absolute Gasteiger partial charge is 0.275 e. The highest BCUT2D eigenvalue weighted by molar-refractivity contribution is 5.43. The molecule has 1 fully saturated rings. The van der Waals surface area contributed by atoms with Gasteiger partial charge in [0.05, 0.1) is 5.41 Å². The van der Waals surface area contributed by atoms with E-state index in [0.717, 1.165) is 4.68 Å². The van der Waals surface area contributed by atoms with Crippen molar-refractivity contribution in [3.05, 3.63) is 17.5 Å². The number of alkyl halides is 3. The molecule has 1 saturated carbocycles. The van der Waals surface area contributed by atoms with E-state index in [9.17, 15) is 13.2 Å². The molecule has 0 bridgehead atoms. The Labute approximate surface area is 85.1 Å². The van der Waals surface area contributed by atoms with Crippen LogP contribution in [-0.4, -0.2) is 9.78 Å². The van der Waals surface area contributed by atoms with E-state index in [1.807, 2.05) is 0 Å². The number of aryl methyl sites for hydroxylation is 1. The van der Waals surface area contributed by atoms with E-state index >= 15 is 0 Å². The van der Waals surface area contributed by atoms with Gasteiger partial charge in [-0.15, -0.1) is 6.42 Å². The fourth-order valence-corrected chi connectivity index (χ4v) is 1.66. The van der Waals surface area contributed by atoms with Crippen LogP contribution in [0.3, 0.4) is 0 Å². The Bertz CT molecular complexity index is 433. The fraction of sp³-hybridized carbons (Fsp3) is 0.500. The van der Waals surface area contributed by atoms with Crippen LogP contribution in [0.1, 0.15) is 24.1 Å². The van der Waals surface area contributed by atoms with Crippen molar-refractivity contribution in [2.24, 2.45) is 7.05 Å². The van der Waals surface area contributed by atoms with Crippen molar-refractivity contribution in [3.8, 4) is 12.3 Å².